The summed E-state index contributed by atoms with van der Waals surface area (Å²) < 4.78 is 4.58. The average Bonchev–Trinajstić information content (AvgIpc) is 2.45. The lowest BCUT2D eigenvalue weighted by atomic mass is 10.1. The van der Waals surface area contributed by atoms with Gasteiger partial charge in [-0.25, -0.2) is 0 Å². The molecule has 1 rings (SSSR count). The van der Waals surface area contributed by atoms with Crippen molar-refractivity contribution in [3.63, 3.8) is 0 Å². The predicted octanol–water partition coefficient (Wildman–Crippen LogP) is -0.495. The molecule has 0 bridgehead atoms. The van der Waals surface area contributed by atoms with Crippen LogP contribution in [0.15, 0.2) is 0 Å². The van der Waals surface area contributed by atoms with Gasteiger partial charge in [0.05, 0.1) is 19.1 Å². The van der Waals surface area contributed by atoms with Gasteiger partial charge in [-0.3, -0.25) is 4.79 Å². The molecule has 0 aromatic rings. The van der Waals surface area contributed by atoms with Gasteiger partial charge in [0.2, 0.25) is 0 Å². The molecule has 70 valence electrons. The minimum atomic E-state index is -0.431. The maximum atomic E-state index is 11.0. The molecule has 0 amide bonds. The summed E-state index contributed by atoms with van der Waals surface area (Å²) in [5.41, 5.74) is 5.42. The van der Waals surface area contributed by atoms with Crippen LogP contribution in [-0.4, -0.2) is 30.8 Å². The van der Waals surface area contributed by atoms with Crippen molar-refractivity contribution in [1.29, 1.82) is 0 Å². The second-order valence-corrected chi connectivity index (χ2v) is 3.25. The van der Waals surface area contributed by atoms with Crippen molar-refractivity contribution in [2.45, 2.75) is 18.9 Å². The van der Waals surface area contributed by atoms with Gasteiger partial charge < -0.3 is 15.6 Å². The summed E-state index contributed by atoms with van der Waals surface area (Å²) in [5, 5.41) is 9.42. The molecule has 1 aliphatic rings. The topological polar surface area (TPSA) is 72.5 Å². The first-order valence-corrected chi connectivity index (χ1v) is 4.15. The lowest BCUT2D eigenvalue weighted by molar-refractivity contribution is -0.145. The highest BCUT2D eigenvalue weighted by Crippen LogP contribution is 2.31. The Bertz CT molecular complexity index is 172. The standard InChI is InChI=1S/C8H15NO3/c1-12-8(11)5-2-6(4-9)7(10)3-5/h5-7,10H,2-4,9H2,1H3/t5-,6-,7+/m0/s1. The number of esters is 1. The maximum Gasteiger partial charge on any atom is 0.308 e. The fourth-order valence-electron chi connectivity index (χ4n) is 1.72. The zero-order valence-corrected chi connectivity index (χ0v) is 7.19. The number of hydrogen-bond acceptors (Lipinski definition) is 4. The molecule has 0 spiro atoms. The van der Waals surface area contributed by atoms with E-state index in [1.165, 1.54) is 7.11 Å². The number of rotatable bonds is 2. The minimum Gasteiger partial charge on any atom is -0.469 e. The van der Waals surface area contributed by atoms with E-state index in [0.717, 1.165) is 0 Å². The summed E-state index contributed by atoms with van der Waals surface area (Å²) in [6.45, 7) is 0.439. The molecule has 4 heteroatoms. The number of hydrogen-bond donors (Lipinski definition) is 2. The van der Waals surface area contributed by atoms with Crippen molar-refractivity contribution in [3.8, 4) is 0 Å². The zero-order valence-electron chi connectivity index (χ0n) is 7.19. The van der Waals surface area contributed by atoms with Gasteiger partial charge in [0.15, 0.2) is 0 Å². The second-order valence-electron chi connectivity index (χ2n) is 3.25. The Balaban J connectivity index is 2.48. The molecular weight excluding hydrogens is 158 g/mol. The number of methoxy groups -OCH3 is 1. The summed E-state index contributed by atoms with van der Waals surface area (Å²) in [6, 6.07) is 0. The maximum absolute atomic E-state index is 11.0. The molecule has 1 fully saturated rings. The number of carbonyl (C=O) groups is 1. The quantitative estimate of drug-likeness (QED) is 0.552. The Morgan fingerprint density at radius 2 is 2.33 bits per heavy atom. The largest absolute Gasteiger partial charge is 0.469 e. The third kappa shape index (κ3) is 1.76. The fraction of sp³-hybridized carbons (Fsp3) is 0.875. The van der Waals surface area contributed by atoms with Gasteiger partial charge >= 0.3 is 5.97 Å². The highest BCUT2D eigenvalue weighted by molar-refractivity contribution is 5.72. The summed E-state index contributed by atoms with van der Waals surface area (Å²) in [5.74, 6) is -0.322. The first-order chi connectivity index (χ1) is 5.69. The van der Waals surface area contributed by atoms with Crippen molar-refractivity contribution < 1.29 is 14.6 Å². The summed E-state index contributed by atoms with van der Waals surface area (Å²) >= 11 is 0. The highest BCUT2D eigenvalue weighted by atomic mass is 16.5. The summed E-state index contributed by atoms with van der Waals surface area (Å²) in [4.78, 5) is 11.0. The van der Waals surface area contributed by atoms with Crippen molar-refractivity contribution >= 4 is 5.97 Å². The number of carbonyl (C=O) groups excluding carboxylic acids is 1. The van der Waals surface area contributed by atoms with Gasteiger partial charge in [0.25, 0.3) is 0 Å². The Kier molecular flexibility index (Phi) is 3.05. The molecule has 0 aromatic carbocycles. The molecule has 0 heterocycles. The number of aliphatic hydroxyl groups is 1. The fourth-order valence-corrected chi connectivity index (χ4v) is 1.72. The Morgan fingerprint density at radius 3 is 2.75 bits per heavy atom. The Hall–Kier alpha value is -0.610. The van der Waals surface area contributed by atoms with Crippen LogP contribution >= 0.6 is 0 Å². The van der Waals surface area contributed by atoms with E-state index in [4.69, 9.17) is 5.73 Å². The van der Waals surface area contributed by atoms with Crippen LogP contribution in [0.3, 0.4) is 0 Å². The highest BCUT2D eigenvalue weighted by Gasteiger charge is 2.36. The molecule has 0 unspecified atom stereocenters. The van der Waals surface area contributed by atoms with Gasteiger partial charge in [-0.2, -0.15) is 0 Å². The van der Waals surface area contributed by atoms with Crippen LogP contribution in [0, 0.1) is 11.8 Å². The molecule has 3 N–H and O–H groups in total. The molecule has 0 saturated heterocycles. The average molecular weight is 173 g/mol. The van der Waals surface area contributed by atoms with Crippen molar-refractivity contribution in [2.75, 3.05) is 13.7 Å². The Morgan fingerprint density at radius 1 is 1.67 bits per heavy atom. The molecular formula is C8H15NO3. The summed E-state index contributed by atoms with van der Waals surface area (Å²) in [6.07, 6.45) is 0.720. The smallest absolute Gasteiger partial charge is 0.308 e. The Labute approximate surface area is 71.7 Å². The van der Waals surface area contributed by atoms with E-state index in [0.29, 0.717) is 19.4 Å². The van der Waals surface area contributed by atoms with E-state index in [9.17, 15) is 9.90 Å². The van der Waals surface area contributed by atoms with Crippen molar-refractivity contribution in [1.82, 2.24) is 0 Å². The van der Waals surface area contributed by atoms with Crippen LogP contribution in [0.4, 0.5) is 0 Å². The van der Waals surface area contributed by atoms with Crippen LogP contribution in [0.1, 0.15) is 12.8 Å². The van der Waals surface area contributed by atoms with Crippen LogP contribution in [0.25, 0.3) is 0 Å². The lowest BCUT2D eigenvalue weighted by Gasteiger charge is -2.09. The third-order valence-corrected chi connectivity index (χ3v) is 2.49. The van der Waals surface area contributed by atoms with E-state index in [1.54, 1.807) is 0 Å². The van der Waals surface area contributed by atoms with Crippen LogP contribution in [-0.2, 0) is 9.53 Å². The van der Waals surface area contributed by atoms with E-state index in [1.807, 2.05) is 0 Å². The van der Waals surface area contributed by atoms with E-state index < -0.39 is 6.10 Å². The van der Waals surface area contributed by atoms with E-state index >= 15 is 0 Å². The minimum absolute atomic E-state index is 0.0640. The first-order valence-electron chi connectivity index (χ1n) is 4.15. The summed E-state index contributed by atoms with van der Waals surface area (Å²) in [7, 11) is 1.37. The first kappa shape index (κ1) is 9.48. The normalized spacial score (nSPS) is 35.1. The molecule has 0 radical (unpaired) electrons. The molecule has 0 aromatic heterocycles. The molecule has 0 aliphatic heterocycles. The molecule has 3 atom stereocenters. The van der Waals surface area contributed by atoms with Gasteiger partial charge in [-0.15, -0.1) is 0 Å². The third-order valence-electron chi connectivity index (χ3n) is 2.49. The van der Waals surface area contributed by atoms with Crippen LogP contribution in [0.5, 0.6) is 0 Å². The predicted molar refractivity (Wildman–Crippen MR) is 43.3 cm³/mol. The second kappa shape index (κ2) is 3.87. The molecule has 4 nitrogen and oxygen atoms in total. The van der Waals surface area contributed by atoms with Crippen molar-refractivity contribution in [3.05, 3.63) is 0 Å². The number of ether oxygens (including phenoxy) is 1. The molecule has 12 heavy (non-hydrogen) atoms. The lowest BCUT2D eigenvalue weighted by Crippen LogP contribution is -2.21. The van der Waals surface area contributed by atoms with Gasteiger partial charge in [-0.1, -0.05) is 0 Å². The molecule has 1 saturated carbocycles. The van der Waals surface area contributed by atoms with Crippen LogP contribution < -0.4 is 5.73 Å². The van der Waals surface area contributed by atoms with E-state index in [2.05, 4.69) is 4.74 Å². The van der Waals surface area contributed by atoms with Gasteiger partial charge in [-0.05, 0) is 25.3 Å². The monoisotopic (exact) mass is 173 g/mol. The van der Waals surface area contributed by atoms with Crippen molar-refractivity contribution in [2.24, 2.45) is 17.6 Å². The SMILES string of the molecule is COC(=O)[C@H]1C[C@@H](CN)[C@H](O)C1. The van der Waals surface area contributed by atoms with Gasteiger partial charge in [0, 0.05) is 0 Å². The number of aliphatic hydroxyl groups excluding tert-OH is 1. The zero-order chi connectivity index (χ0) is 9.14. The number of nitrogens with two attached hydrogens (primary N) is 1. The molecule has 1 aliphatic carbocycles. The van der Waals surface area contributed by atoms with Crippen LogP contribution in [0.2, 0.25) is 0 Å². The van der Waals surface area contributed by atoms with E-state index in [-0.39, 0.29) is 17.8 Å². The van der Waals surface area contributed by atoms with Gasteiger partial charge in [0.1, 0.15) is 0 Å².